The third kappa shape index (κ3) is 4.56. The minimum Gasteiger partial charge on any atom is -0.451 e. The number of furan rings is 1. The van der Waals surface area contributed by atoms with E-state index >= 15 is 0 Å². The van der Waals surface area contributed by atoms with Crippen molar-refractivity contribution >= 4 is 39.7 Å². The fraction of sp³-hybridized carbons (Fsp3) is 0.0476. The van der Waals surface area contributed by atoms with Crippen LogP contribution in [0.15, 0.2) is 71.3 Å². The van der Waals surface area contributed by atoms with Crippen LogP contribution in [-0.2, 0) is 6.42 Å². The first-order valence-electron chi connectivity index (χ1n) is 8.83. The summed E-state index contributed by atoms with van der Waals surface area (Å²) in [6.45, 7) is 0. The second-order valence-electron chi connectivity index (χ2n) is 6.36. The molecule has 0 fully saturated rings. The van der Waals surface area contributed by atoms with Gasteiger partial charge in [0.1, 0.15) is 5.76 Å². The van der Waals surface area contributed by atoms with Crippen LogP contribution in [0.5, 0.6) is 0 Å². The van der Waals surface area contributed by atoms with E-state index in [1.165, 1.54) is 29.5 Å². The van der Waals surface area contributed by atoms with Crippen molar-refractivity contribution < 1.29 is 14.1 Å². The van der Waals surface area contributed by atoms with Gasteiger partial charge in [0, 0.05) is 40.2 Å². The lowest BCUT2D eigenvalue weighted by atomic mass is 10.1. The van der Waals surface area contributed by atoms with Gasteiger partial charge in [0.25, 0.3) is 11.6 Å². The van der Waals surface area contributed by atoms with Crippen molar-refractivity contribution in [3.8, 4) is 11.3 Å². The Labute approximate surface area is 180 Å². The predicted molar refractivity (Wildman–Crippen MR) is 115 cm³/mol. The van der Waals surface area contributed by atoms with E-state index in [9.17, 15) is 14.9 Å². The van der Waals surface area contributed by atoms with Gasteiger partial charge in [-0.15, -0.1) is 11.3 Å². The van der Waals surface area contributed by atoms with Gasteiger partial charge in [0.15, 0.2) is 10.9 Å². The molecule has 0 aliphatic carbocycles. The van der Waals surface area contributed by atoms with Gasteiger partial charge in [0.2, 0.25) is 0 Å². The average molecular weight is 440 g/mol. The topological polar surface area (TPSA) is 98.3 Å². The number of nitrogens with one attached hydrogen (secondary N) is 1. The number of carbonyl (C=O) groups is 1. The van der Waals surface area contributed by atoms with E-state index in [0.717, 1.165) is 10.4 Å². The van der Waals surface area contributed by atoms with Crippen LogP contribution in [0.3, 0.4) is 0 Å². The number of rotatable bonds is 6. The van der Waals surface area contributed by atoms with Crippen LogP contribution in [-0.4, -0.2) is 15.8 Å². The summed E-state index contributed by atoms with van der Waals surface area (Å²) in [6.07, 6.45) is 2.40. The maximum Gasteiger partial charge on any atom is 0.293 e. The molecule has 9 heteroatoms. The number of aromatic nitrogens is 1. The maximum absolute atomic E-state index is 12.5. The fourth-order valence-electron chi connectivity index (χ4n) is 2.80. The number of halogens is 1. The molecule has 30 heavy (non-hydrogen) atoms. The largest absolute Gasteiger partial charge is 0.451 e. The summed E-state index contributed by atoms with van der Waals surface area (Å²) in [5.41, 5.74) is 1.56. The zero-order chi connectivity index (χ0) is 21.1. The molecule has 1 amide bonds. The quantitative estimate of drug-likeness (QED) is 0.302. The van der Waals surface area contributed by atoms with Gasteiger partial charge in [0.05, 0.1) is 4.92 Å². The van der Waals surface area contributed by atoms with Gasteiger partial charge in [-0.1, -0.05) is 35.9 Å². The fourth-order valence-corrected chi connectivity index (χ4v) is 3.76. The molecule has 0 atom stereocenters. The molecular weight excluding hydrogens is 426 g/mol. The van der Waals surface area contributed by atoms with Crippen LogP contribution in [0.4, 0.5) is 10.8 Å². The number of anilines is 1. The smallest absolute Gasteiger partial charge is 0.293 e. The monoisotopic (exact) mass is 439 g/mol. The first kappa shape index (κ1) is 19.8. The number of amides is 1. The van der Waals surface area contributed by atoms with E-state index in [2.05, 4.69) is 10.3 Å². The van der Waals surface area contributed by atoms with Crippen molar-refractivity contribution in [3.05, 3.63) is 98.2 Å². The van der Waals surface area contributed by atoms with Crippen molar-refractivity contribution in [1.29, 1.82) is 0 Å². The number of benzene rings is 2. The molecule has 0 aliphatic rings. The Morgan fingerprint density at radius 3 is 2.73 bits per heavy atom. The van der Waals surface area contributed by atoms with Gasteiger partial charge in [-0.3, -0.25) is 20.2 Å². The third-order valence-electron chi connectivity index (χ3n) is 4.24. The maximum atomic E-state index is 12.5. The Kier molecular flexibility index (Phi) is 5.60. The standard InChI is InChI=1S/C21H14ClN3O4S/c22-15-6-4-13(5-7-15)10-17-12-23-21(30-17)24-20(26)19-9-8-18(29-19)14-2-1-3-16(11-14)25(27)28/h1-9,11-12H,10H2,(H,23,24,26). The molecule has 0 spiro atoms. The summed E-state index contributed by atoms with van der Waals surface area (Å²) >= 11 is 7.27. The summed E-state index contributed by atoms with van der Waals surface area (Å²) < 4.78 is 5.58. The van der Waals surface area contributed by atoms with E-state index < -0.39 is 10.8 Å². The van der Waals surface area contributed by atoms with Crippen molar-refractivity contribution in [1.82, 2.24) is 4.98 Å². The lowest BCUT2D eigenvalue weighted by Gasteiger charge is -2.00. The van der Waals surface area contributed by atoms with Crippen LogP contribution in [0, 0.1) is 10.1 Å². The minimum atomic E-state index is -0.482. The Morgan fingerprint density at radius 2 is 1.97 bits per heavy atom. The highest BCUT2D eigenvalue weighted by Gasteiger charge is 2.16. The number of carbonyl (C=O) groups excluding carboxylic acids is 1. The van der Waals surface area contributed by atoms with Crippen LogP contribution in [0.2, 0.25) is 5.02 Å². The van der Waals surface area contributed by atoms with Crippen molar-refractivity contribution in [3.63, 3.8) is 0 Å². The number of nitro benzene ring substituents is 1. The lowest BCUT2D eigenvalue weighted by molar-refractivity contribution is -0.384. The Bertz CT molecular complexity index is 1220. The number of nitrogens with zero attached hydrogens (tertiary/aromatic N) is 2. The summed E-state index contributed by atoms with van der Waals surface area (Å²) in [5, 5.41) is 14.8. The van der Waals surface area contributed by atoms with Crippen molar-refractivity contribution in [2.24, 2.45) is 0 Å². The van der Waals surface area contributed by atoms with Crippen molar-refractivity contribution in [2.45, 2.75) is 6.42 Å². The molecule has 1 N–H and O–H groups in total. The molecule has 0 saturated carbocycles. The average Bonchev–Trinajstić information content (AvgIpc) is 3.40. The molecule has 0 saturated heterocycles. The second kappa shape index (κ2) is 8.48. The van der Waals surface area contributed by atoms with Gasteiger partial charge in [-0.05, 0) is 29.8 Å². The highest BCUT2D eigenvalue weighted by Crippen LogP contribution is 2.27. The van der Waals surface area contributed by atoms with Crippen molar-refractivity contribution in [2.75, 3.05) is 5.32 Å². The Morgan fingerprint density at radius 1 is 1.17 bits per heavy atom. The van der Waals surface area contributed by atoms with Gasteiger partial charge in [-0.2, -0.15) is 0 Å². The zero-order valence-electron chi connectivity index (χ0n) is 15.4. The predicted octanol–water partition coefficient (Wildman–Crippen LogP) is 5.81. The number of thiazole rings is 1. The van der Waals surface area contributed by atoms with Gasteiger partial charge >= 0.3 is 0 Å². The van der Waals surface area contributed by atoms with E-state index in [0.29, 0.717) is 27.9 Å². The SMILES string of the molecule is O=C(Nc1ncc(Cc2ccc(Cl)cc2)s1)c1ccc(-c2cccc([N+](=O)[O-])c2)o1. The van der Waals surface area contributed by atoms with E-state index in [1.54, 1.807) is 24.4 Å². The normalized spacial score (nSPS) is 10.7. The molecule has 0 bridgehead atoms. The number of hydrogen-bond acceptors (Lipinski definition) is 6. The molecule has 0 radical (unpaired) electrons. The third-order valence-corrected chi connectivity index (χ3v) is 5.40. The summed E-state index contributed by atoms with van der Waals surface area (Å²) in [7, 11) is 0. The van der Waals surface area contributed by atoms with Crippen LogP contribution >= 0.6 is 22.9 Å². The number of non-ortho nitro benzene ring substituents is 1. The van der Waals surface area contributed by atoms with Crippen LogP contribution in [0.1, 0.15) is 21.0 Å². The zero-order valence-corrected chi connectivity index (χ0v) is 16.9. The molecule has 7 nitrogen and oxygen atoms in total. The van der Waals surface area contributed by atoms with E-state index in [1.807, 2.05) is 24.3 Å². The van der Waals surface area contributed by atoms with E-state index in [4.69, 9.17) is 16.0 Å². The van der Waals surface area contributed by atoms with Gasteiger partial charge < -0.3 is 4.42 Å². The molecule has 4 aromatic rings. The lowest BCUT2D eigenvalue weighted by Crippen LogP contribution is -2.10. The first-order chi connectivity index (χ1) is 14.5. The van der Waals surface area contributed by atoms with Crippen LogP contribution in [0.25, 0.3) is 11.3 Å². The highest BCUT2D eigenvalue weighted by molar-refractivity contribution is 7.15. The molecular formula is C21H14ClN3O4S. The molecule has 2 heterocycles. The molecule has 2 aromatic carbocycles. The minimum absolute atomic E-state index is 0.0501. The van der Waals surface area contributed by atoms with Gasteiger partial charge in [-0.25, -0.2) is 4.98 Å². The molecule has 0 unspecified atom stereocenters. The molecule has 2 aromatic heterocycles. The summed E-state index contributed by atoms with van der Waals surface area (Å²) in [6, 6.07) is 16.7. The summed E-state index contributed by atoms with van der Waals surface area (Å²) in [5.74, 6) is 0.0106. The van der Waals surface area contributed by atoms with Crippen LogP contribution < -0.4 is 5.32 Å². The number of hydrogen-bond donors (Lipinski definition) is 1. The summed E-state index contributed by atoms with van der Waals surface area (Å²) in [4.78, 5) is 28.2. The Hall–Kier alpha value is -3.49. The molecule has 0 aliphatic heterocycles. The molecule has 4 rings (SSSR count). The van der Waals surface area contributed by atoms with E-state index in [-0.39, 0.29) is 11.4 Å². The highest BCUT2D eigenvalue weighted by atomic mass is 35.5. The first-order valence-corrected chi connectivity index (χ1v) is 10.0. The number of nitro groups is 1. The molecule has 150 valence electrons. The Balaban J connectivity index is 1.44. The second-order valence-corrected chi connectivity index (χ2v) is 7.91.